The fourth-order valence-electron chi connectivity index (χ4n) is 2.66. The Balaban J connectivity index is 2.24. The molecular formula is C17H20Cl2N2. The van der Waals surface area contributed by atoms with Gasteiger partial charge >= 0.3 is 0 Å². The lowest BCUT2D eigenvalue weighted by Gasteiger charge is -2.32. The van der Waals surface area contributed by atoms with Crippen molar-refractivity contribution in [3.8, 4) is 0 Å². The first-order valence-electron chi connectivity index (χ1n) is 6.93. The van der Waals surface area contributed by atoms with Crippen LogP contribution >= 0.6 is 23.2 Å². The molecule has 2 unspecified atom stereocenters. The van der Waals surface area contributed by atoms with Crippen molar-refractivity contribution in [3.63, 3.8) is 0 Å². The highest BCUT2D eigenvalue weighted by molar-refractivity contribution is 6.31. The van der Waals surface area contributed by atoms with Crippen molar-refractivity contribution < 1.29 is 0 Å². The smallest absolute Gasteiger partial charge is 0.0511 e. The van der Waals surface area contributed by atoms with Crippen LogP contribution in [0.25, 0.3) is 0 Å². The highest BCUT2D eigenvalue weighted by Crippen LogP contribution is 2.29. The summed E-state index contributed by atoms with van der Waals surface area (Å²) in [5, 5.41) is 1.49. The molecule has 0 fully saturated rings. The molecule has 0 aliphatic rings. The van der Waals surface area contributed by atoms with Gasteiger partial charge in [0.15, 0.2) is 0 Å². The minimum Gasteiger partial charge on any atom is -0.326 e. The molecule has 2 rings (SSSR count). The maximum absolute atomic E-state index is 6.33. The van der Waals surface area contributed by atoms with E-state index in [0.717, 1.165) is 27.7 Å². The summed E-state index contributed by atoms with van der Waals surface area (Å²) in [5.41, 5.74) is 8.41. The summed E-state index contributed by atoms with van der Waals surface area (Å²) in [4.78, 5) is 2.21. The molecular weight excluding hydrogens is 303 g/mol. The van der Waals surface area contributed by atoms with Gasteiger partial charge in [-0.2, -0.15) is 0 Å². The number of hydrogen-bond acceptors (Lipinski definition) is 2. The Hall–Kier alpha value is -1.06. The third kappa shape index (κ3) is 4.21. The number of nitrogens with two attached hydrogens (primary N) is 1. The van der Waals surface area contributed by atoms with Gasteiger partial charge in [0.2, 0.25) is 0 Å². The summed E-state index contributed by atoms with van der Waals surface area (Å²) in [6, 6.07) is 15.8. The van der Waals surface area contributed by atoms with E-state index >= 15 is 0 Å². The first-order chi connectivity index (χ1) is 9.99. The van der Waals surface area contributed by atoms with Crippen LogP contribution in [-0.4, -0.2) is 18.0 Å². The van der Waals surface area contributed by atoms with E-state index in [0.29, 0.717) is 0 Å². The maximum atomic E-state index is 6.33. The van der Waals surface area contributed by atoms with Crippen LogP contribution in [0.15, 0.2) is 48.5 Å². The Morgan fingerprint density at radius 2 is 1.81 bits per heavy atom. The molecule has 2 aromatic carbocycles. The van der Waals surface area contributed by atoms with Crippen LogP contribution in [0.2, 0.25) is 10.0 Å². The van der Waals surface area contributed by atoms with Crippen molar-refractivity contribution in [3.05, 3.63) is 69.7 Å². The van der Waals surface area contributed by atoms with E-state index in [1.165, 1.54) is 0 Å². The van der Waals surface area contributed by atoms with Crippen molar-refractivity contribution >= 4 is 23.2 Å². The summed E-state index contributed by atoms with van der Waals surface area (Å²) in [6.45, 7) is 2.76. The van der Waals surface area contributed by atoms with Crippen LogP contribution in [0.1, 0.15) is 24.1 Å². The number of rotatable bonds is 5. The Labute approximate surface area is 136 Å². The largest absolute Gasteiger partial charge is 0.326 e. The van der Waals surface area contributed by atoms with Crippen molar-refractivity contribution in [2.24, 2.45) is 5.73 Å². The van der Waals surface area contributed by atoms with Crippen LogP contribution in [0, 0.1) is 0 Å². The Morgan fingerprint density at radius 3 is 2.43 bits per heavy atom. The lowest BCUT2D eigenvalue weighted by atomic mass is 9.99. The SMILES string of the molecule is CC(N)C(c1ccccc1Cl)N(C)Cc1cccc(Cl)c1. The number of hydrogen-bond donors (Lipinski definition) is 1. The Bertz CT molecular complexity index is 599. The normalized spacial score (nSPS) is 14.2. The predicted octanol–water partition coefficient (Wildman–Crippen LogP) is 4.51. The average Bonchev–Trinajstić information content (AvgIpc) is 2.41. The molecule has 0 aliphatic heterocycles. The monoisotopic (exact) mass is 322 g/mol. The molecule has 0 saturated heterocycles. The fourth-order valence-corrected chi connectivity index (χ4v) is 3.12. The van der Waals surface area contributed by atoms with Crippen molar-refractivity contribution in [1.29, 1.82) is 0 Å². The van der Waals surface area contributed by atoms with Crippen molar-refractivity contribution in [1.82, 2.24) is 4.90 Å². The fraction of sp³-hybridized carbons (Fsp3) is 0.294. The van der Waals surface area contributed by atoms with E-state index < -0.39 is 0 Å². The minimum atomic E-state index is -0.0333. The molecule has 112 valence electrons. The molecule has 0 amide bonds. The van der Waals surface area contributed by atoms with Crippen molar-refractivity contribution in [2.45, 2.75) is 25.6 Å². The number of benzene rings is 2. The van der Waals surface area contributed by atoms with Gasteiger partial charge < -0.3 is 5.73 Å². The second-order valence-corrected chi connectivity index (χ2v) is 6.21. The van der Waals surface area contributed by atoms with Crippen LogP contribution in [0.4, 0.5) is 0 Å². The number of likely N-dealkylation sites (N-methyl/N-ethyl adjacent to an activating group) is 1. The van der Waals surface area contributed by atoms with E-state index in [2.05, 4.69) is 18.0 Å². The van der Waals surface area contributed by atoms with Gasteiger partial charge in [-0.3, -0.25) is 4.90 Å². The molecule has 0 spiro atoms. The van der Waals surface area contributed by atoms with Gasteiger partial charge in [-0.1, -0.05) is 53.5 Å². The number of halogens is 2. The second-order valence-electron chi connectivity index (χ2n) is 5.37. The van der Waals surface area contributed by atoms with Crippen LogP contribution in [-0.2, 0) is 6.54 Å². The molecule has 0 radical (unpaired) electrons. The highest BCUT2D eigenvalue weighted by atomic mass is 35.5. The zero-order valence-corrected chi connectivity index (χ0v) is 13.8. The van der Waals surface area contributed by atoms with Gasteiger partial charge in [0.25, 0.3) is 0 Å². The van der Waals surface area contributed by atoms with Crippen molar-refractivity contribution in [2.75, 3.05) is 7.05 Å². The third-order valence-corrected chi connectivity index (χ3v) is 4.10. The summed E-state index contributed by atoms with van der Waals surface area (Å²) in [5.74, 6) is 0. The van der Waals surface area contributed by atoms with Gasteiger partial charge in [-0.25, -0.2) is 0 Å². The van der Waals surface area contributed by atoms with Crippen LogP contribution in [0.3, 0.4) is 0 Å². The minimum absolute atomic E-state index is 0.0333. The van der Waals surface area contributed by atoms with E-state index in [4.69, 9.17) is 28.9 Å². The summed E-state index contributed by atoms with van der Waals surface area (Å²) in [6.07, 6.45) is 0. The van der Waals surface area contributed by atoms with Gasteiger partial charge in [-0.15, -0.1) is 0 Å². The molecule has 2 N–H and O–H groups in total. The quantitative estimate of drug-likeness (QED) is 0.877. The second kappa shape index (κ2) is 7.28. The highest BCUT2D eigenvalue weighted by Gasteiger charge is 2.23. The first kappa shape index (κ1) is 16.3. The molecule has 0 bridgehead atoms. The predicted molar refractivity (Wildman–Crippen MR) is 90.8 cm³/mol. The van der Waals surface area contributed by atoms with E-state index in [1.807, 2.05) is 49.4 Å². The van der Waals surface area contributed by atoms with E-state index in [1.54, 1.807) is 0 Å². The summed E-state index contributed by atoms with van der Waals surface area (Å²) < 4.78 is 0. The van der Waals surface area contributed by atoms with Gasteiger partial charge in [0.1, 0.15) is 0 Å². The average molecular weight is 323 g/mol. The molecule has 21 heavy (non-hydrogen) atoms. The van der Waals surface area contributed by atoms with E-state index in [-0.39, 0.29) is 12.1 Å². The summed E-state index contributed by atoms with van der Waals surface area (Å²) >= 11 is 12.4. The van der Waals surface area contributed by atoms with Crippen LogP contribution in [0.5, 0.6) is 0 Å². The molecule has 4 heteroatoms. The Kier molecular flexibility index (Phi) is 5.65. The molecule has 2 nitrogen and oxygen atoms in total. The van der Waals surface area contributed by atoms with Crippen LogP contribution < -0.4 is 5.73 Å². The molecule has 0 heterocycles. The Morgan fingerprint density at radius 1 is 1.10 bits per heavy atom. The van der Waals surface area contributed by atoms with E-state index in [9.17, 15) is 0 Å². The maximum Gasteiger partial charge on any atom is 0.0511 e. The molecule has 2 aromatic rings. The lowest BCUT2D eigenvalue weighted by molar-refractivity contribution is 0.211. The zero-order chi connectivity index (χ0) is 15.4. The first-order valence-corrected chi connectivity index (χ1v) is 7.69. The summed E-state index contributed by atoms with van der Waals surface area (Å²) in [7, 11) is 2.05. The zero-order valence-electron chi connectivity index (χ0n) is 12.3. The van der Waals surface area contributed by atoms with Gasteiger partial charge in [-0.05, 0) is 43.3 Å². The van der Waals surface area contributed by atoms with Gasteiger partial charge in [0, 0.05) is 22.6 Å². The van der Waals surface area contributed by atoms with Gasteiger partial charge in [0.05, 0.1) is 6.04 Å². The molecule has 0 aromatic heterocycles. The molecule has 0 saturated carbocycles. The lowest BCUT2D eigenvalue weighted by Crippen LogP contribution is -2.37. The number of nitrogens with zero attached hydrogens (tertiary/aromatic N) is 1. The molecule has 2 atom stereocenters. The topological polar surface area (TPSA) is 29.3 Å². The molecule has 0 aliphatic carbocycles. The third-order valence-electron chi connectivity index (χ3n) is 3.52. The standard InChI is InChI=1S/C17H20Cl2N2/c1-12(20)17(15-8-3-4-9-16(15)19)21(2)11-13-6-5-7-14(18)10-13/h3-10,12,17H,11,20H2,1-2H3.